The van der Waals surface area contributed by atoms with Gasteiger partial charge in [-0.25, -0.2) is 5.10 Å². The number of furan rings is 1. The molecule has 0 amide bonds. The molecular formula is C15H14N4O2S. The van der Waals surface area contributed by atoms with Crippen LogP contribution in [0.25, 0.3) is 11.4 Å². The predicted molar refractivity (Wildman–Crippen MR) is 85.7 cm³/mol. The van der Waals surface area contributed by atoms with Gasteiger partial charge in [0.2, 0.25) is 4.77 Å². The average Bonchev–Trinajstić information content (AvgIpc) is 3.15. The zero-order chi connectivity index (χ0) is 15.4. The summed E-state index contributed by atoms with van der Waals surface area (Å²) >= 11 is 5.22. The fourth-order valence-corrected chi connectivity index (χ4v) is 2.14. The molecule has 1 aromatic carbocycles. The molecule has 22 heavy (non-hydrogen) atoms. The highest BCUT2D eigenvalue weighted by Crippen LogP contribution is 2.22. The Kier molecular flexibility index (Phi) is 4.15. The lowest BCUT2D eigenvalue weighted by molar-refractivity contribution is 0.340. The van der Waals surface area contributed by atoms with E-state index in [1.807, 2.05) is 37.3 Å². The number of hydrogen-bond donors (Lipinski definition) is 1. The number of aromatic amines is 1. The first-order valence-corrected chi connectivity index (χ1v) is 7.17. The molecule has 0 unspecified atom stereocenters. The van der Waals surface area contributed by atoms with Crippen LogP contribution >= 0.6 is 12.2 Å². The minimum absolute atomic E-state index is 0.402. The van der Waals surface area contributed by atoms with Crippen LogP contribution in [0.5, 0.6) is 5.75 Å². The van der Waals surface area contributed by atoms with Gasteiger partial charge in [-0.15, -0.1) is 0 Å². The second-order valence-electron chi connectivity index (χ2n) is 4.39. The highest BCUT2D eigenvalue weighted by Gasteiger charge is 2.09. The van der Waals surface area contributed by atoms with E-state index < -0.39 is 0 Å². The maximum atomic E-state index is 5.51. The van der Waals surface area contributed by atoms with Crippen LogP contribution in [0.1, 0.15) is 12.7 Å². The van der Waals surface area contributed by atoms with Gasteiger partial charge < -0.3 is 9.15 Å². The molecule has 0 aliphatic heterocycles. The van der Waals surface area contributed by atoms with Crippen molar-refractivity contribution in [2.24, 2.45) is 5.10 Å². The van der Waals surface area contributed by atoms with Gasteiger partial charge in [0.15, 0.2) is 5.82 Å². The van der Waals surface area contributed by atoms with Gasteiger partial charge >= 0.3 is 0 Å². The molecule has 0 aliphatic carbocycles. The van der Waals surface area contributed by atoms with Crippen LogP contribution in [0.2, 0.25) is 0 Å². The molecule has 0 radical (unpaired) electrons. The van der Waals surface area contributed by atoms with E-state index in [2.05, 4.69) is 15.3 Å². The van der Waals surface area contributed by atoms with Crippen molar-refractivity contribution >= 4 is 18.4 Å². The lowest BCUT2D eigenvalue weighted by Crippen LogP contribution is -1.96. The lowest BCUT2D eigenvalue weighted by atomic mass is 10.2. The van der Waals surface area contributed by atoms with Crippen molar-refractivity contribution in [1.29, 1.82) is 0 Å². The summed E-state index contributed by atoms with van der Waals surface area (Å²) in [6.07, 6.45) is 3.17. The average molecular weight is 314 g/mol. The third-order valence-electron chi connectivity index (χ3n) is 2.90. The molecule has 112 valence electrons. The van der Waals surface area contributed by atoms with E-state index in [1.54, 1.807) is 23.2 Å². The number of rotatable bonds is 5. The summed E-state index contributed by atoms with van der Waals surface area (Å²) in [6, 6.07) is 11.2. The standard InChI is InChI=1S/C15H14N4O2S/c1-2-20-12-6-3-5-11(9-12)14-17-18-15(22)19(14)16-10-13-7-4-8-21-13/h3-10H,2H2,1H3,(H,18,22)/b16-10+. The zero-order valence-electron chi connectivity index (χ0n) is 11.9. The number of H-pyrrole nitrogens is 1. The van der Waals surface area contributed by atoms with E-state index in [4.69, 9.17) is 21.4 Å². The van der Waals surface area contributed by atoms with Gasteiger partial charge in [-0.3, -0.25) is 0 Å². The predicted octanol–water partition coefficient (Wildman–Crippen LogP) is 3.48. The Bertz CT molecular complexity index is 833. The fourth-order valence-electron chi connectivity index (χ4n) is 1.96. The third kappa shape index (κ3) is 2.99. The highest BCUT2D eigenvalue weighted by molar-refractivity contribution is 7.71. The molecule has 0 bridgehead atoms. The molecule has 0 aliphatic rings. The first-order chi connectivity index (χ1) is 10.8. The summed E-state index contributed by atoms with van der Waals surface area (Å²) in [6.45, 7) is 2.54. The second-order valence-corrected chi connectivity index (χ2v) is 4.77. The summed E-state index contributed by atoms with van der Waals surface area (Å²) < 4.78 is 12.7. The Hall–Kier alpha value is -2.67. The molecule has 0 fully saturated rings. The van der Waals surface area contributed by atoms with Crippen molar-refractivity contribution in [2.75, 3.05) is 6.61 Å². The lowest BCUT2D eigenvalue weighted by Gasteiger charge is -2.05. The topological polar surface area (TPSA) is 68.3 Å². The molecule has 2 aromatic heterocycles. The number of benzene rings is 1. The van der Waals surface area contributed by atoms with E-state index in [0.29, 0.717) is 23.0 Å². The Morgan fingerprint density at radius 2 is 2.32 bits per heavy atom. The van der Waals surface area contributed by atoms with Crippen LogP contribution in [0, 0.1) is 4.77 Å². The van der Waals surface area contributed by atoms with Gasteiger partial charge in [-0.2, -0.15) is 14.9 Å². The van der Waals surface area contributed by atoms with Crippen molar-refractivity contribution in [3.63, 3.8) is 0 Å². The quantitative estimate of drug-likeness (QED) is 0.578. The van der Waals surface area contributed by atoms with Crippen LogP contribution in [0.4, 0.5) is 0 Å². The minimum Gasteiger partial charge on any atom is -0.494 e. The SMILES string of the molecule is CCOc1cccc(-c2n[nH]c(=S)n2/N=C/c2ccco2)c1. The molecule has 2 heterocycles. The van der Waals surface area contributed by atoms with Crippen molar-refractivity contribution in [2.45, 2.75) is 6.92 Å². The highest BCUT2D eigenvalue weighted by atomic mass is 32.1. The van der Waals surface area contributed by atoms with Gasteiger partial charge in [-0.1, -0.05) is 12.1 Å². The summed E-state index contributed by atoms with van der Waals surface area (Å²) in [4.78, 5) is 0. The van der Waals surface area contributed by atoms with E-state index in [1.165, 1.54) is 0 Å². The van der Waals surface area contributed by atoms with Gasteiger partial charge in [-0.05, 0) is 43.4 Å². The third-order valence-corrected chi connectivity index (χ3v) is 3.16. The summed E-state index contributed by atoms with van der Waals surface area (Å²) in [5.74, 6) is 2.02. The van der Waals surface area contributed by atoms with Crippen LogP contribution in [-0.4, -0.2) is 27.7 Å². The van der Waals surface area contributed by atoms with Gasteiger partial charge in [0, 0.05) is 5.56 Å². The van der Waals surface area contributed by atoms with Gasteiger partial charge in [0.1, 0.15) is 11.5 Å². The van der Waals surface area contributed by atoms with E-state index in [0.717, 1.165) is 11.3 Å². The van der Waals surface area contributed by atoms with Gasteiger partial charge in [0.05, 0.1) is 19.1 Å². The van der Waals surface area contributed by atoms with Crippen molar-refractivity contribution in [3.05, 3.63) is 53.2 Å². The van der Waals surface area contributed by atoms with E-state index in [9.17, 15) is 0 Å². The first-order valence-electron chi connectivity index (χ1n) is 6.76. The summed E-state index contributed by atoms with van der Waals surface area (Å²) in [5.41, 5.74) is 0.856. The molecule has 0 atom stereocenters. The fraction of sp³-hybridized carbons (Fsp3) is 0.133. The van der Waals surface area contributed by atoms with Crippen LogP contribution in [0.3, 0.4) is 0 Å². The molecule has 3 aromatic rings. The molecular weight excluding hydrogens is 300 g/mol. The Labute approximate surface area is 132 Å². The molecule has 3 rings (SSSR count). The summed E-state index contributed by atoms with van der Waals surface area (Å²) in [5, 5.41) is 11.3. The minimum atomic E-state index is 0.402. The summed E-state index contributed by atoms with van der Waals surface area (Å²) in [7, 11) is 0. The van der Waals surface area contributed by atoms with E-state index in [-0.39, 0.29) is 0 Å². The largest absolute Gasteiger partial charge is 0.494 e. The van der Waals surface area contributed by atoms with Gasteiger partial charge in [0.25, 0.3) is 0 Å². The van der Waals surface area contributed by atoms with Crippen molar-refractivity contribution in [1.82, 2.24) is 14.9 Å². The molecule has 0 spiro atoms. The Balaban J connectivity index is 1.98. The number of nitrogens with one attached hydrogen (secondary N) is 1. The molecule has 1 N–H and O–H groups in total. The second kappa shape index (κ2) is 6.40. The number of ether oxygens (including phenoxy) is 1. The zero-order valence-corrected chi connectivity index (χ0v) is 12.7. The van der Waals surface area contributed by atoms with Crippen LogP contribution < -0.4 is 4.74 Å². The van der Waals surface area contributed by atoms with Crippen molar-refractivity contribution < 1.29 is 9.15 Å². The molecule has 0 saturated carbocycles. The van der Waals surface area contributed by atoms with Crippen LogP contribution in [-0.2, 0) is 0 Å². The maximum Gasteiger partial charge on any atom is 0.216 e. The molecule has 7 heteroatoms. The monoisotopic (exact) mass is 314 g/mol. The Morgan fingerprint density at radius 3 is 3.09 bits per heavy atom. The smallest absolute Gasteiger partial charge is 0.216 e. The normalized spacial score (nSPS) is 11.1. The van der Waals surface area contributed by atoms with Crippen LogP contribution in [0.15, 0.2) is 52.2 Å². The molecule has 6 nitrogen and oxygen atoms in total. The number of hydrogen-bond acceptors (Lipinski definition) is 5. The van der Waals surface area contributed by atoms with E-state index >= 15 is 0 Å². The number of nitrogens with zero attached hydrogens (tertiary/aromatic N) is 3. The van der Waals surface area contributed by atoms with Crippen molar-refractivity contribution in [3.8, 4) is 17.1 Å². The molecule has 0 saturated heterocycles. The number of aromatic nitrogens is 3. The maximum absolute atomic E-state index is 5.51. The first kappa shape index (κ1) is 14.3. The Morgan fingerprint density at radius 1 is 1.41 bits per heavy atom.